The first kappa shape index (κ1) is 16.7. The van der Waals surface area contributed by atoms with Crippen molar-refractivity contribution in [2.24, 2.45) is 0 Å². The molecule has 122 valence electrons. The Hall–Kier alpha value is -2.70. The van der Waals surface area contributed by atoms with Crippen LogP contribution in [0, 0.1) is 0 Å². The third kappa shape index (κ3) is 3.56. The maximum absolute atomic E-state index is 12.5. The van der Waals surface area contributed by atoms with E-state index in [0.717, 1.165) is 5.56 Å². The van der Waals surface area contributed by atoms with Crippen LogP contribution in [-0.2, 0) is 30.3 Å². The smallest absolute Gasteiger partial charge is 0.329 e. The summed E-state index contributed by atoms with van der Waals surface area (Å²) in [5.41, 5.74) is 0.837. The van der Waals surface area contributed by atoms with Crippen molar-refractivity contribution in [2.75, 3.05) is 6.61 Å². The molecule has 0 radical (unpaired) electrons. The first-order chi connectivity index (χ1) is 11.0. The fraction of sp³-hybridized carbons (Fsp3) is 0.375. The maximum atomic E-state index is 12.5. The van der Waals surface area contributed by atoms with Crippen LogP contribution in [0.1, 0.15) is 19.4 Å². The zero-order valence-electron chi connectivity index (χ0n) is 12.9. The van der Waals surface area contributed by atoms with E-state index in [2.05, 4.69) is 5.32 Å². The second kappa shape index (κ2) is 7.04. The van der Waals surface area contributed by atoms with E-state index >= 15 is 0 Å². The fourth-order valence-electron chi connectivity index (χ4n) is 2.38. The molecule has 0 saturated carbocycles. The maximum Gasteiger partial charge on any atom is 0.329 e. The number of hydrogen-bond acceptors (Lipinski definition) is 5. The highest BCUT2D eigenvalue weighted by molar-refractivity contribution is 6.40. The summed E-state index contributed by atoms with van der Waals surface area (Å²) in [6.45, 7) is 3.11. The van der Waals surface area contributed by atoms with Gasteiger partial charge in [0.15, 0.2) is 0 Å². The predicted molar refractivity (Wildman–Crippen MR) is 80.0 cm³/mol. The number of carbonyl (C=O) groups excluding carboxylic acids is 4. The Morgan fingerprint density at radius 3 is 2.52 bits per heavy atom. The molecule has 0 aromatic heterocycles. The molecule has 1 aliphatic rings. The van der Waals surface area contributed by atoms with Crippen LogP contribution in [0.3, 0.4) is 0 Å². The summed E-state index contributed by atoms with van der Waals surface area (Å²) in [5.74, 6) is -3.28. The van der Waals surface area contributed by atoms with Gasteiger partial charge < -0.3 is 10.1 Å². The highest BCUT2D eigenvalue weighted by Crippen LogP contribution is 2.14. The molecule has 1 fully saturated rings. The Kier molecular flexibility index (Phi) is 5.10. The minimum absolute atomic E-state index is 0.124. The minimum atomic E-state index is -1.14. The van der Waals surface area contributed by atoms with Gasteiger partial charge in [0.25, 0.3) is 5.91 Å². The lowest BCUT2D eigenvalue weighted by Gasteiger charge is -2.33. The van der Waals surface area contributed by atoms with Crippen molar-refractivity contribution in [3.05, 3.63) is 35.9 Å². The standard InChI is InChI=1S/C16H18N2O5/c1-3-23-16(22)10(2)18-14(20)12(17-13(19)15(18)21)9-11-7-5-4-6-8-11/h4-8,10,12H,3,9H2,1-2H3,(H,17,19). The largest absolute Gasteiger partial charge is 0.464 e. The van der Waals surface area contributed by atoms with Crippen molar-refractivity contribution in [1.82, 2.24) is 10.2 Å². The van der Waals surface area contributed by atoms with Gasteiger partial charge in [0.2, 0.25) is 0 Å². The normalized spacial score (nSPS) is 19.3. The van der Waals surface area contributed by atoms with E-state index in [4.69, 9.17) is 4.74 Å². The van der Waals surface area contributed by atoms with Gasteiger partial charge in [0, 0.05) is 6.42 Å². The molecule has 0 bridgehead atoms. The molecule has 23 heavy (non-hydrogen) atoms. The van der Waals surface area contributed by atoms with Crippen molar-refractivity contribution in [2.45, 2.75) is 32.4 Å². The summed E-state index contributed by atoms with van der Waals surface area (Å²) >= 11 is 0. The average Bonchev–Trinajstić information content (AvgIpc) is 2.54. The molecular formula is C16H18N2O5. The average molecular weight is 318 g/mol. The molecule has 0 aliphatic carbocycles. The number of amides is 3. The van der Waals surface area contributed by atoms with Crippen LogP contribution in [0.4, 0.5) is 0 Å². The molecule has 1 N–H and O–H groups in total. The summed E-state index contributed by atoms with van der Waals surface area (Å²) in [6, 6.07) is 7.06. The van der Waals surface area contributed by atoms with Gasteiger partial charge in [0.1, 0.15) is 12.1 Å². The number of nitrogens with zero attached hydrogens (tertiary/aromatic N) is 1. The lowest BCUT2D eigenvalue weighted by molar-refractivity contribution is -0.167. The molecule has 0 spiro atoms. The molecule has 7 nitrogen and oxygen atoms in total. The summed E-state index contributed by atoms with van der Waals surface area (Å²) in [5, 5.41) is 2.39. The van der Waals surface area contributed by atoms with Gasteiger partial charge in [-0.3, -0.25) is 19.3 Å². The van der Waals surface area contributed by atoms with Crippen molar-refractivity contribution in [1.29, 1.82) is 0 Å². The molecular weight excluding hydrogens is 300 g/mol. The van der Waals surface area contributed by atoms with Crippen LogP contribution in [0.2, 0.25) is 0 Å². The molecule has 2 unspecified atom stereocenters. The predicted octanol–water partition coefficient (Wildman–Crippen LogP) is 0.0343. The second-order valence-corrected chi connectivity index (χ2v) is 5.16. The van der Waals surface area contributed by atoms with Gasteiger partial charge in [-0.25, -0.2) is 4.79 Å². The number of benzene rings is 1. The molecule has 1 saturated heterocycles. The van der Waals surface area contributed by atoms with Crippen LogP contribution in [0.5, 0.6) is 0 Å². The summed E-state index contributed by atoms with van der Waals surface area (Å²) in [7, 11) is 0. The molecule has 2 atom stereocenters. The fourth-order valence-corrected chi connectivity index (χ4v) is 2.38. The van der Waals surface area contributed by atoms with Gasteiger partial charge >= 0.3 is 17.8 Å². The highest BCUT2D eigenvalue weighted by atomic mass is 16.5. The molecule has 1 heterocycles. The number of nitrogens with one attached hydrogen (secondary N) is 1. The van der Waals surface area contributed by atoms with E-state index in [9.17, 15) is 19.2 Å². The van der Waals surface area contributed by atoms with Gasteiger partial charge in [0.05, 0.1) is 6.61 Å². The molecule has 1 aromatic carbocycles. The van der Waals surface area contributed by atoms with Gasteiger partial charge in [-0.2, -0.15) is 0 Å². The summed E-state index contributed by atoms with van der Waals surface area (Å²) in [4.78, 5) is 48.8. The van der Waals surface area contributed by atoms with Crippen LogP contribution >= 0.6 is 0 Å². The van der Waals surface area contributed by atoms with Gasteiger partial charge in [-0.1, -0.05) is 30.3 Å². The van der Waals surface area contributed by atoms with Crippen LogP contribution in [0.25, 0.3) is 0 Å². The van der Waals surface area contributed by atoms with Crippen LogP contribution in [0.15, 0.2) is 30.3 Å². The molecule has 3 amide bonds. The van der Waals surface area contributed by atoms with E-state index in [1.807, 2.05) is 30.3 Å². The first-order valence-corrected chi connectivity index (χ1v) is 7.34. The van der Waals surface area contributed by atoms with E-state index in [1.54, 1.807) is 6.92 Å². The van der Waals surface area contributed by atoms with Gasteiger partial charge in [-0.05, 0) is 19.4 Å². The number of rotatable bonds is 5. The number of imide groups is 1. The number of ether oxygens (including phenoxy) is 1. The van der Waals surface area contributed by atoms with Crippen molar-refractivity contribution >= 4 is 23.7 Å². The molecule has 1 aliphatic heterocycles. The lowest BCUT2D eigenvalue weighted by Crippen LogP contribution is -2.65. The lowest BCUT2D eigenvalue weighted by atomic mass is 10.0. The Labute approximate surface area is 133 Å². The third-order valence-corrected chi connectivity index (χ3v) is 3.55. The topological polar surface area (TPSA) is 92.8 Å². The molecule has 7 heteroatoms. The summed E-state index contributed by atoms with van der Waals surface area (Å²) < 4.78 is 4.83. The van der Waals surface area contributed by atoms with Gasteiger partial charge in [-0.15, -0.1) is 0 Å². The third-order valence-electron chi connectivity index (χ3n) is 3.55. The monoisotopic (exact) mass is 318 g/mol. The van der Waals surface area contributed by atoms with Crippen LogP contribution in [-0.4, -0.2) is 47.3 Å². The van der Waals surface area contributed by atoms with Crippen molar-refractivity contribution < 1.29 is 23.9 Å². The number of hydrogen-bond donors (Lipinski definition) is 1. The van der Waals surface area contributed by atoms with E-state index in [-0.39, 0.29) is 13.0 Å². The zero-order valence-corrected chi connectivity index (χ0v) is 12.9. The molecule has 2 rings (SSSR count). The first-order valence-electron chi connectivity index (χ1n) is 7.34. The Morgan fingerprint density at radius 2 is 1.91 bits per heavy atom. The number of carbonyl (C=O) groups is 4. The Morgan fingerprint density at radius 1 is 1.26 bits per heavy atom. The van der Waals surface area contributed by atoms with E-state index in [1.165, 1.54) is 6.92 Å². The Bertz CT molecular complexity index is 629. The number of esters is 1. The highest BCUT2D eigenvalue weighted by Gasteiger charge is 2.44. The molecule has 1 aromatic rings. The quantitative estimate of drug-likeness (QED) is 0.470. The zero-order chi connectivity index (χ0) is 17.0. The van der Waals surface area contributed by atoms with E-state index in [0.29, 0.717) is 4.90 Å². The SMILES string of the molecule is CCOC(=O)C(C)N1C(=O)C(=O)NC(Cc2ccccc2)C1=O. The summed E-state index contributed by atoms with van der Waals surface area (Å²) in [6.07, 6.45) is 0.241. The number of piperazine rings is 1. The van der Waals surface area contributed by atoms with E-state index < -0.39 is 35.8 Å². The second-order valence-electron chi connectivity index (χ2n) is 5.16. The Balaban J connectivity index is 2.21. The van der Waals surface area contributed by atoms with Crippen molar-refractivity contribution in [3.8, 4) is 0 Å². The van der Waals surface area contributed by atoms with Crippen LogP contribution < -0.4 is 5.32 Å². The van der Waals surface area contributed by atoms with Crippen molar-refractivity contribution in [3.63, 3.8) is 0 Å². The minimum Gasteiger partial charge on any atom is -0.464 e.